The molecule has 0 radical (unpaired) electrons. The van der Waals surface area contributed by atoms with Gasteiger partial charge < -0.3 is 9.64 Å². The lowest BCUT2D eigenvalue weighted by Crippen LogP contribution is -2.36. The Kier molecular flexibility index (Phi) is 5.85. The maximum Gasteiger partial charge on any atom is 0.422 e. The van der Waals surface area contributed by atoms with Gasteiger partial charge in [0.05, 0.1) is 5.56 Å². The SMILES string of the molecule is CN(C(=O)c1ccc(OCC(F)(F)F)nc1)C1CCCCCC1. The molecule has 1 heterocycles. The molecule has 2 rings (SSSR count). The lowest BCUT2D eigenvalue weighted by atomic mass is 10.1. The van der Waals surface area contributed by atoms with Gasteiger partial charge in [0, 0.05) is 25.4 Å². The summed E-state index contributed by atoms with van der Waals surface area (Å²) in [6, 6.07) is 2.96. The minimum atomic E-state index is -4.41. The van der Waals surface area contributed by atoms with Crippen molar-refractivity contribution in [2.75, 3.05) is 13.7 Å². The van der Waals surface area contributed by atoms with E-state index in [2.05, 4.69) is 9.72 Å². The zero-order valence-electron chi connectivity index (χ0n) is 13.1. The van der Waals surface area contributed by atoms with Gasteiger partial charge in [-0.25, -0.2) is 4.98 Å². The molecule has 0 spiro atoms. The number of hydrogen-bond donors (Lipinski definition) is 0. The van der Waals surface area contributed by atoms with Gasteiger partial charge in [0.15, 0.2) is 6.61 Å². The first-order valence-corrected chi connectivity index (χ1v) is 7.79. The predicted octanol–water partition coefficient (Wildman–Crippen LogP) is 3.82. The van der Waals surface area contributed by atoms with E-state index in [9.17, 15) is 18.0 Å². The summed E-state index contributed by atoms with van der Waals surface area (Å²) in [5, 5.41) is 0. The largest absolute Gasteiger partial charge is 0.468 e. The van der Waals surface area contributed by atoms with Crippen LogP contribution in [0.2, 0.25) is 0 Å². The van der Waals surface area contributed by atoms with E-state index in [-0.39, 0.29) is 17.8 Å². The summed E-state index contributed by atoms with van der Waals surface area (Å²) < 4.78 is 40.8. The van der Waals surface area contributed by atoms with Crippen LogP contribution in [0.1, 0.15) is 48.9 Å². The van der Waals surface area contributed by atoms with Crippen molar-refractivity contribution in [2.45, 2.75) is 50.7 Å². The number of nitrogens with zero attached hydrogens (tertiary/aromatic N) is 2. The van der Waals surface area contributed by atoms with Gasteiger partial charge in [0.25, 0.3) is 5.91 Å². The second kappa shape index (κ2) is 7.66. The normalized spacial score (nSPS) is 16.7. The average molecular weight is 330 g/mol. The summed E-state index contributed by atoms with van der Waals surface area (Å²) >= 11 is 0. The Bertz CT molecular complexity index is 509. The number of hydrogen-bond acceptors (Lipinski definition) is 3. The van der Waals surface area contributed by atoms with E-state index in [4.69, 9.17) is 0 Å². The van der Waals surface area contributed by atoms with Crippen LogP contribution in [0.5, 0.6) is 5.88 Å². The highest BCUT2D eigenvalue weighted by atomic mass is 19.4. The third-order valence-corrected chi connectivity index (χ3v) is 4.06. The standard InChI is InChI=1S/C16H21F3N2O2/c1-21(13-6-4-2-3-5-7-13)15(22)12-8-9-14(20-10-12)23-11-16(17,18)19/h8-10,13H,2-7,11H2,1H3. The Hall–Kier alpha value is -1.79. The van der Waals surface area contributed by atoms with Gasteiger partial charge in [-0.05, 0) is 18.9 Å². The molecular weight excluding hydrogens is 309 g/mol. The van der Waals surface area contributed by atoms with Gasteiger partial charge in [0.1, 0.15) is 0 Å². The molecule has 7 heteroatoms. The summed E-state index contributed by atoms with van der Waals surface area (Å²) in [5.41, 5.74) is 0.358. The van der Waals surface area contributed by atoms with Gasteiger partial charge in [-0.3, -0.25) is 4.79 Å². The summed E-state index contributed by atoms with van der Waals surface area (Å²) in [5.74, 6) is -0.303. The Balaban J connectivity index is 1.96. The average Bonchev–Trinajstić information content (AvgIpc) is 2.80. The highest BCUT2D eigenvalue weighted by Crippen LogP contribution is 2.23. The molecule has 1 aliphatic carbocycles. The molecule has 1 amide bonds. The molecule has 23 heavy (non-hydrogen) atoms. The molecule has 0 N–H and O–H groups in total. The number of rotatable bonds is 4. The van der Waals surface area contributed by atoms with E-state index in [0.717, 1.165) is 25.7 Å². The molecule has 1 aromatic rings. The first-order chi connectivity index (χ1) is 10.9. The number of amides is 1. The van der Waals surface area contributed by atoms with Crippen molar-refractivity contribution < 1.29 is 22.7 Å². The molecule has 0 unspecified atom stereocenters. The summed E-state index contributed by atoms with van der Waals surface area (Å²) in [6.07, 6.45) is 3.47. The first-order valence-electron chi connectivity index (χ1n) is 7.79. The van der Waals surface area contributed by atoms with Crippen molar-refractivity contribution in [1.29, 1.82) is 0 Å². The van der Waals surface area contributed by atoms with Gasteiger partial charge in [-0.1, -0.05) is 25.7 Å². The molecule has 1 aromatic heterocycles. The van der Waals surface area contributed by atoms with Crippen molar-refractivity contribution >= 4 is 5.91 Å². The van der Waals surface area contributed by atoms with E-state index >= 15 is 0 Å². The predicted molar refractivity (Wildman–Crippen MR) is 79.4 cm³/mol. The monoisotopic (exact) mass is 330 g/mol. The Morgan fingerprint density at radius 1 is 1.26 bits per heavy atom. The molecule has 0 aromatic carbocycles. The number of aromatic nitrogens is 1. The summed E-state index contributed by atoms with van der Waals surface area (Å²) in [7, 11) is 1.77. The molecule has 0 bridgehead atoms. The number of pyridine rings is 1. The number of alkyl halides is 3. The summed E-state index contributed by atoms with van der Waals surface area (Å²) in [4.78, 5) is 17.9. The van der Waals surface area contributed by atoms with Crippen LogP contribution >= 0.6 is 0 Å². The maximum atomic E-state index is 12.4. The second-order valence-corrected chi connectivity index (χ2v) is 5.85. The number of carbonyl (C=O) groups is 1. The molecule has 0 saturated heterocycles. The number of carbonyl (C=O) groups excluding carboxylic acids is 1. The quantitative estimate of drug-likeness (QED) is 0.788. The fourth-order valence-corrected chi connectivity index (χ4v) is 2.76. The zero-order valence-corrected chi connectivity index (χ0v) is 13.1. The molecule has 128 valence electrons. The lowest BCUT2D eigenvalue weighted by Gasteiger charge is -2.27. The molecule has 0 atom stereocenters. The minimum Gasteiger partial charge on any atom is -0.468 e. The first kappa shape index (κ1) is 17.6. The van der Waals surface area contributed by atoms with Gasteiger partial charge in [-0.2, -0.15) is 13.2 Å². The van der Waals surface area contributed by atoms with E-state index in [1.165, 1.54) is 31.2 Å². The van der Waals surface area contributed by atoms with Crippen LogP contribution in [0.25, 0.3) is 0 Å². The highest BCUT2D eigenvalue weighted by molar-refractivity contribution is 5.94. The van der Waals surface area contributed by atoms with Crippen LogP contribution in [0.4, 0.5) is 13.2 Å². The van der Waals surface area contributed by atoms with E-state index in [1.54, 1.807) is 11.9 Å². The number of ether oxygens (including phenoxy) is 1. The van der Waals surface area contributed by atoms with Crippen LogP contribution in [0.15, 0.2) is 18.3 Å². The van der Waals surface area contributed by atoms with Crippen LogP contribution in [0, 0.1) is 0 Å². The van der Waals surface area contributed by atoms with Crippen LogP contribution < -0.4 is 4.74 Å². The Morgan fingerprint density at radius 2 is 1.91 bits per heavy atom. The molecule has 1 saturated carbocycles. The lowest BCUT2D eigenvalue weighted by molar-refractivity contribution is -0.154. The molecule has 4 nitrogen and oxygen atoms in total. The van der Waals surface area contributed by atoms with Gasteiger partial charge in [0.2, 0.25) is 5.88 Å². The van der Waals surface area contributed by atoms with Crippen LogP contribution in [0.3, 0.4) is 0 Å². The van der Waals surface area contributed by atoms with Crippen LogP contribution in [-0.4, -0.2) is 41.7 Å². The van der Waals surface area contributed by atoms with Gasteiger partial charge >= 0.3 is 6.18 Å². The molecule has 1 aliphatic rings. The second-order valence-electron chi connectivity index (χ2n) is 5.85. The third kappa shape index (κ3) is 5.41. The zero-order chi connectivity index (χ0) is 16.9. The van der Waals surface area contributed by atoms with Crippen molar-refractivity contribution in [1.82, 2.24) is 9.88 Å². The Labute approximate surface area is 133 Å². The minimum absolute atomic E-state index is 0.143. The van der Waals surface area contributed by atoms with Crippen molar-refractivity contribution in [3.05, 3.63) is 23.9 Å². The van der Waals surface area contributed by atoms with Gasteiger partial charge in [-0.15, -0.1) is 0 Å². The number of halogens is 3. The van der Waals surface area contributed by atoms with E-state index < -0.39 is 12.8 Å². The maximum absolute atomic E-state index is 12.4. The van der Waals surface area contributed by atoms with Crippen LogP contribution in [-0.2, 0) is 0 Å². The van der Waals surface area contributed by atoms with Crippen molar-refractivity contribution in [3.63, 3.8) is 0 Å². The highest BCUT2D eigenvalue weighted by Gasteiger charge is 2.28. The van der Waals surface area contributed by atoms with E-state index in [1.807, 2.05) is 0 Å². The molecular formula is C16H21F3N2O2. The third-order valence-electron chi connectivity index (χ3n) is 4.06. The van der Waals surface area contributed by atoms with Crippen molar-refractivity contribution in [3.8, 4) is 5.88 Å². The van der Waals surface area contributed by atoms with Crippen molar-refractivity contribution in [2.24, 2.45) is 0 Å². The topological polar surface area (TPSA) is 42.4 Å². The fraction of sp³-hybridized carbons (Fsp3) is 0.625. The summed E-state index contributed by atoms with van der Waals surface area (Å²) in [6.45, 7) is -1.39. The molecule has 1 fully saturated rings. The Morgan fingerprint density at radius 3 is 2.43 bits per heavy atom. The smallest absolute Gasteiger partial charge is 0.422 e. The van der Waals surface area contributed by atoms with E-state index in [0.29, 0.717) is 5.56 Å². The molecule has 0 aliphatic heterocycles. The fourth-order valence-electron chi connectivity index (χ4n) is 2.76.